The zero-order valence-electron chi connectivity index (χ0n) is 10.0. The fourth-order valence-corrected chi connectivity index (χ4v) is 2.13. The zero-order valence-corrected chi connectivity index (χ0v) is 10.0. The molecule has 0 fully saturated rings. The smallest absolute Gasteiger partial charge is 0.231 e. The molecule has 0 unspecified atom stereocenters. The normalized spacial score (nSPS) is 16.4. The van der Waals surface area contributed by atoms with Crippen LogP contribution in [0.5, 0.6) is 0 Å². The van der Waals surface area contributed by atoms with E-state index >= 15 is 0 Å². The van der Waals surface area contributed by atoms with Gasteiger partial charge in [0.15, 0.2) is 0 Å². The number of nitrogens with two attached hydrogens (primary N) is 2. The van der Waals surface area contributed by atoms with E-state index in [0.717, 1.165) is 24.1 Å². The van der Waals surface area contributed by atoms with Gasteiger partial charge in [0.05, 0.1) is 6.54 Å². The van der Waals surface area contributed by atoms with Gasteiger partial charge < -0.3 is 11.5 Å². The van der Waals surface area contributed by atoms with Crippen LogP contribution in [0, 0.1) is 5.82 Å². The van der Waals surface area contributed by atoms with E-state index in [1.54, 1.807) is 6.07 Å². The molecule has 1 aliphatic rings. The number of nitrogen functional groups attached to an aromatic ring is 1. The number of primary amides is 1. The molecule has 96 valence electrons. The lowest BCUT2D eigenvalue weighted by atomic mass is 9.98. The van der Waals surface area contributed by atoms with Crippen LogP contribution in [-0.2, 0) is 4.79 Å². The van der Waals surface area contributed by atoms with Gasteiger partial charge in [-0.15, -0.1) is 0 Å². The van der Waals surface area contributed by atoms with E-state index in [9.17, 15) is 9.18 Å². The van der Waals surface area contributed by atoms with Gasteiger partial charge in [0.2, 0.25) is 5.91 Å². The van der Waals surface area contributed by atoms with Gasteiger partial charge in [-0.3, -0.25) is 9.69 Å². The summed E-state index contributed by atoms with van der Waals surface area (Å²) in [6, 6.07) is 4.37. The molecule has 1 aliphatic heterocycles. The first-order valence-electron chi connectivity index (χ1n) is 5.81. The maximum absolute atomic E-state index is 13.2. The second-order valence-electron chi connectivity index (χ2n) is 4.41. The van der Waals surface area contributed by atoms with Crippen molar-refractivity contribution in [3.63, 3.8) is 0 Å². The fraction of sp³-hybridized carbons (Fsp3) is 0.308. The highest BCUT2D eigenvalue weighted by Crippen LogP contribution is 2.27. The number of carbonyl (C=O) groups excluding carboxylic acids is 1. The molecule has 0 aromatic heterocycles. The summed E-state index contributed by atoms with van der Waals surface area (Å²) in [5.41, 5.74) is 13.3. The van der Waals surface area contributed by atoms with Gasteiger partial charge in [-0.1, -0.05) is 6.08 Å². The molecule has 0 aliphatic carbocycles. The van der Waals surface area contributed by atoms with Crippen LogP contribution in [-0.4, -0.2) is 30.4 Å². The van der Waals surface area contributed by atoms with E-state index in [1.165, 1.54) is 12.1 Å². The lowest BCUT2D eigenvalue weighted by Crippen LogP contribution is -2.36. The summed E-state index contributed by atoms with van der Waals surface area (Å²) < 4.78 is 13.2. The zero-order chi connectivity index (χ0) is 13.1. The molecule has 4 N–H and O–H groups in total. The third kappa shape index (κ3) is 2.87. The summed E-state index contributed by atoms with van der Waals surface area (Å²) in [5, 5.41) is 0. The number of anilines is 1. The number of hydrogen-bond donors (Lipinski definition) is 2. The third-order valence-corrected chi connectivity index (χ3v) is 3.03. The Morgan fingerprint density at radius 2 is 2.22 bits per heavy atom. The molecule has 0 spiro atoms. The minimum atomic E-state index is -0.336. The summed E-state index contributed by atoms with van der Waals surface area (Å²) in [4.78, 5) is 12.8. The molecule has 1 heterocycles. The van der Waals surface area contributed by atoms with E-state index in [1.807, 2.05) is 11.0 Å². The first kappa shape index (κ1) is 12.6. The van der Waals surface area contributed by atoms with Crippen LogP contribution < -0.4 is 11.5 Å². The van der Waals surface area contributed by atoms with Gasteiger partial charge in [-0.2, -0.15) is 0 Å². The second-order valence-corrected chi connectivity index (χ2v) is 4.41. The molecule has 4 nitrogen and oxygen atoms in total. The Morgan fingerprint density at radius 3 is 2.83 bits per heavy atom. The summed E-state index contributed by atoms with van der Waals surface area (Å²) >= 11 is 0. The van der Waals surface area contributed by atoms with Crippen molar-refractivity contribution in [2.45, 2.75) is 6.42 Å². The van der Waals surface area contributed by atoms with Crippen LogP contribution in [0.15, 0.2) is 24.3 Å². The maximum atomic E-state index is 13.2. The van der Waals surface area contributed by atoms with Crippen molar-refractivity contribution in [2.24, 2.45) is 5.73 Å². The molecule has 1 amide bonds. The predicted molar refractivity (Wildman–Crippen MR) is 69.0 cm³/mol. The maximum Gasteiger partial charge on any atom is 0.231 e. The largest absolute Gasteiger partial charge is 0.398 e. The molecule has 0 saturated heterocycles. The third-order valence-electron chi connectivity index (χ3n) is 3.03. The lowest BCUT2D eigenvalue weighted by Gasteiger charge is -2.25. The van der Waals surface area contributed by atoms with E-state index in [2.05, 4.69) is 0 Å². The van der Waals surface area contributed by atoms with E-state index < -0.39 is 0 Å². The van der Waals surface area contributed by atoms with Crippen molar-refractivity contribution in [1.82, 2.24) is 4.90 Å². The van der Waals surface area contributed by atoms with Crippen LogP contribution in [0.4, 0.5) is 10.1 Å². The number of halogens is 1. The van der Waals surface area contributed by atoms with Gasteiger partial charge in [-0.25, -0.2) is 4.39 Å². The molecule has 18 heavy (non-hydrogen) atoms. The highest BCUT2D eigenvalue weighted by Gasteiger charge is 2.16. The average Bonchev–Trinajstić information content (AvgIpc) is 2.33. The van der Waals surface area contributed by atoms with Crippen molar-refractivity contribution in [1.29, 1.82) is 0 Å². The molecule has 0 radical (unpaired) electrons. The van der Waals surface area contributed by atoms with Crippen LogP contribution in [0.2, 0.25) is 0 Å². The van der Waals surface area contributed by atoms with Gasteiger partial charge >= 0.3 is 0 Å². The number of benzene rings is 1. The average molecular weight is 249 g/mol. The summed E-state index contributed by atoms with van der Waals surface area (Å²) in [5.74, 6) is -0.628. The van der Waals surface area contributed by atoms with Gasteiger partial charge in [-0.05, 0) is 30.2 Å². The molecular formula is C13H16FN3O. The van der Waals surface area contributed by atoms with Crippen LogP contribution >= 0.6 is 0 Å². The molecule has 1 aromatic rings. The Hall–Kier alpha value is -1.88. The summed E-state index contributed by atoms with van der Waals surface area (Å²) in [6.07, 6.45) is 2.71. The van der Waals surface area contributed by atoms with E-state index in [0.29, 0.717) is 12.2 Å². The minimum absolute atomic E-state index is 0.252. The minimum Gasteiger partial charge on any atom is -0.398 e. The first-order chi connectivity index (χ1) is 8.56. The molecule has 0 bridgehead atoms. The Morgan fingerprint density at radius 1 is 1.44 bits per heavy atom. The number of hydrogen-bond acceptors (Lipinski definition) is 3. The van der Waals surface area contributed by atoms with Gasteiger partial charge in [0, 0.05) is 24.3 Å². The summed E-state index contributed by atoms with van der Waals surface area (Å²) in [6.45, 7) is 1.61. The van der Waals surface area contributed by atoms with Gasteiger partial charge in [0.1, 0.15) is 5.82 Å². The van der Waals surface area contributed by atoms with Crippen molar-refractivity contribution >= 4 is 17.2 Å². The first-order valence-corrected chi connectivity index (χ1v) is 5.81. The SMILES string of the molecule is NC(=O)CN1CC=C(c2cc(F)ccc2N)CC1. The monoisotopic (exact) mass is 249 g/mol. The number of rotatable bonds is 3. The molecular weight excluding hydrogens is 233 g/mol. The molecule has 1 aromatic carbocycles. The quantitative estimate of drug-likeness (QED) is 0.784. The molecule has 5 heteroatoms. The van der Waals surface area contributed by atoms with Crippen molar-refractivity contribution < 1.29 is 9.18 Å². The van der Waals surface area contributed by atoms with Gasteiger partial charge in [0.25, 0.3) is 0 Å². The fourth-order valence-electron chi connectivity index (χ4n) is 2.13. The highest BCUT2D eigenvalue weighted by molar-refractivity contribution is 5.77. The van der Waals surface area contributed by atoms with E-state index in [-0.39, 0.29) is 18.3 Å². The van der Waals surface area contributed by atoms with Crippen LogP contribution in [0.1, 0.15) is 12.0 Å². The van der Waals surface area contributed by atoms with Crippen LogP contribution in [0.25, 0.3) is 5.57 Å². The standard InChI is InChI=1S/C13H16FN3O/c14-10-1-2-12(15)11(7-10)9-3-5-17(6-4-9)8-13(16)18/h1-3,7H,4-6,8,15H2,(H2,16,18). The van der Waals surface area contributed by atoms with E-state index in [4.69, 9.17) is 11.5 Å². The molecule has 2 rings (SSSR count). The lowest BCUT2D eigenvalue weighted by molar-refractivity contribution is -0.119. The number of nitrogens with zero attached hydrogens (tertiary/aromatic N) is 1. The number of carbonyl (C=O) groups is 1. The highest BCUT2D eigenvalue weighted by atomic mass is 19.1. The Bertz CT molecular complexity index is 499. The van der Waals surface area contributed by atoms with Crippen molar-refractivity contribution in [3.05, 3.63) is 35.7 Å². The second kappa shape index (κ2) is 5.18. The summed E-state index contributed by atoms with van der Waals surface area (Å²) in [7, 11) is 0. The van der Waals surface area contributed by atoms with Crippen molar-refractivity contribution in [3.8, 4) is 0 Å². The van der Waals surface area contributed by atoms with Crippen LogP contribution in [0.3, 0.4) is 0 Å². The topological polar surface area (TPSA) is 72.4 Å². The Labute approximate surface area is 105 Å². The Kier molecular flexibility index (Phi) is 3.62. The predicted octanol–water partition coefficient (Wildman–Crippen LogP) is 0.982. The Balaban J connectivity index is 2.14. The molecule has 0 atom stereocenters. The number of amides is 1. The van der Waals surface area contributed by atoms with Crippen molar-refractivity contribution in [2.75, 3.05) is 25.4 Å². The molecule has 0 saturated carbocycles.